The largest absolute Gasteiger partial charge is 0.309 e. The van der Waals surface area contributed by atoms with Crippen LogP contribution in [0.5, 0.6) is 0 Å². The maximum absolute atomic E-state index is 5.23. The van der Waals surface area contributed by atoms with Gasteiger partial charge in [0, 0.05) is 66.1 Å². The van der Waals surface area contributed by atoms with Crippen molar-refractivity contribution in [1.29, 1.82) is 0 Å². The van der Waals surface area contributed by atoms with Gasteiger partial charge in [-0.1, -0.05) is 158 Å². The zero-order valence-corrected chi connectivity index (χ0v) is 37.3. The Kier molecular flexibility index (Phi) is 8.79. The Hall–Kier alpha value is -9.39. The zero-order chi connectivity index (χ0) is 45.4. The number of benzene rings is 10. The van der Waals surface area contributed by atoms with Crippen LogP contribution >= 0.6 is 0 Å². The molecule has 4 aromatic heterocycles. The summed E-state index contributed by atoms with van der Waals surface area (Å²) in [5.41, 5.74) is 15.3. The highest BCUT2D eigenvalue weighted by Gasteiger charge is 2.22. The van der Waals surface area contributed by atoms with Crippen molar-refractivity contribution >= 4 is 65.4 Å². The molecular weight excluding hydrogens is 841 g/mol. The molecule has 0 fully saturated rings. The molecular formula is C63H40N6. The predicted octanol–water partition coefficient (Wildman–Crippen LogP) is 15.8. The Morgan fingerprint density at radius 1 is 0.232 bits per heavy atom. The molecule has 0 radical (unpaired) electrons. The van der Waals surface area contributed by atoms with Gasteiger partial charge in [-0.05, 0) is 96.1 Å². The molecule has 322 valence electrons. The second-order valence-corrected chi connectivity index (χ2v) is 17.6. The van der Waals surface area contributed by atoms with Gasteiger partial charge in [-0.15, -0.1) is 0 Å². The van der Waals surface area contributed by atoms with Gasteiger partial charge >= 0.3 is 0 Å². The zero-order valence-electron chi connectivity index (χ0n) is 37.3. The standard InChI is InChI=1S/C63H40N6/c1-6-19-41(20-7-1)61-64-62(42-21-8-2-9-22-42)66-63(65-61)49-30-18-32-57-60(49)53-38-44(34-36-56(53)67(57)45-23-10-3-11-24-45)43-33-35-55-50(37-43)52-40-58-51(39-59(52)69(55)47-27-14-5-15-28-47)48-29-16-17-31-54(48)68(58)46-25-12-4-13-26-46/h1-40H. The van der Waals surface area contributed by atoms with Crippen molar-refractivity contribution in [2.24, 2.45) is 0 Å². The van der Waals surface area contributed by atoms with E-state index in [4.69, 9.17) is 15.0 Å². The molecule has 69 heavy (non-hydrogen) atoms. The van der Waals surface area contributed by atoms with Crippen LogP contribution in [0.15, 0.2) is 243 Å². The van der Waals surface area contributed by atoms with E-state index in [1.807, 2.05) is 36.4 Å². The fraction of sp³-hybridized carbons (Fsp3) is 0. The van der Waals surface area contributed by atoms with Gasteiger partial charge in [0.1, 0.15) is 0 Å². The third kappa shape index (κ3) is 6.23. The summed E-state index contributed by atoms with van der Waals surface area (Å²) >= 11 is 0. The highest BCUT2D eigenvalue weighted by molar-refractivity contribution is 6.20. The van der Waals surface area contributed by atoms with Crippen LogP contribution in [0.2, 0.25) is 0 Å². The summed E-state index contributed by atoms with van der Waals surface area (Å²) in [6.45, 7) is 0. The Balaban J connectivity index is 1.02. The smallest absolute Gasteiger partial charge is 0.164 e. The molecule has 0 aliphatic carbocycles. The summed E-state index contributed by atoms with van der Waals surface area (Å²) in [6, 6.07) is 86.4. The van der Waals surface area contributed by atoms with Gasteiger partial charge in [-0.3, -0.25) is 0 Å². The molecule has 0 unspecified atom stereocenters. The van der Waals surface area contributed by atoms with Crippen molar-refractivity contribution in [3.05, 3.63) is 243 Å². The van der Waals surface area contributed by atoms with Crippen LogP contribution in [0.1, 0.15) is 0 Å². The molecule has 10 aromatic carbocycles. The monoisotopic (exact) mass is 880 g/mol. The lowest BCUT2D eigenvalue weighted by atomic mass is 9.99. The minimum Gasteiger partial charge on any atom is -0.309 e. The van der Waals surface area contributed by atoms with Crippen LogP contribution in [0.25, 0.3) is 128 Å². The molecule has 0 N–H and O–H groups in total. The van der Waals surface area contributed by atoms with Gasteiger partial charge in [-0.25, -0.2) is 15.0 Å². The first-order chi connectivity index (χ1) is 34.2. The minimum absolute atomic E-state index is 0.625. The molecule has 14 aromatic rings. The number of para-hydroxylation sites is 4. The highest BCUT2D eigenvalue weighted by atomic mass is 15.0. The van der Waals surface area contributed by atoms with Gasteiger partial charge in [0.25, 0.3) is 0 Å². The molecule has 0 bridgehead atoms. The second kappa shape index (κ2) is 15.6. The minimum atomic E-state index is 0.625. The average molecular weight is 881 g/mol. The van der Waals surface area contributed by atoms with Crippen molar-refractivity contribution in [2.75, 3.05) is 0 Å². The van der Waals surface area contributed by atoms with Crippen LogP contribution in [0.4, 0.5) is 0 Å². The maximum Gasteiger partial charge on any atom is 0.164 e. The molecule has 6 nitrogen and oxygen atoms in total. The molecule has 0 atom stereocenters. The van der Waals surface area contributed by atoms with E-state index in [9.17, 15) is 0 Å². The lowest BCUT2D eigenvalue weighted by molar-refractivity contribution is 1.08. The maximum atomic E-state index is 5.23. The van der Waals surface area contributed by atoms with Crippen LogP contribution in [0.3, 0.4) is 0 Å². The quantitative estimate of drug-likeness (QED) is 0.160. The summed E-state index contributed by atoms with van der Waals surface area (Å²) in [6.07, 6.45) is 0. The van der Waals surface area contributed by atoms with Gasteiger partial charge in [0.05, 0.1) is 33.1 Å². The molecule has 4 heterocycles. The molecule has 14 rings (SSSR count). The number of aromatic nitrogens is 6. The van der Waals surface area contributed by atoms with Crippen molar-refractivity contribution in [1.82, 2.24) is 28.7 Å². The number of fused-ring (bicyclic) bond motifs is 9. The Bertz CT molecular complexity index is 4210. The van der Waals surface area contributed by atoms with Gasteiger partial charge in [-0.2, -0.15) is 0 Å². The fourth-order valence-corrected chi connectivity index (χ4v) is 10.6. The first-order valence-electron chi connectivity index (χ1n) is 23.4. The summed E-state index contributed by atoms with van der Waals surface area (Å²) in [7, 11) is 0. The van der Waals surface area contributed by atoms with Crippen molar-refractivity contribution < 1.29 is 0 Å². The van der Waals surface area contributed by atoms with Gasteiger partial charge < -0.3 is 13.7 Å². The number of hydrogen-bond donors (Lipinski definition) is 0. The predicted molar refractivity (Wildman–Crippen MR) is 285 cm³/mol. The first kappa shape index (κ1) is 38.8. The summed E-state index contributed by atoms with van der Waals surface area (Å²) < 4.78 is 7.20. The third-order valence-corrected chi connectivity index (χ3v) is 13.7. The molecule has 0 saturated heterocycles. The van der Waals surface area contributed by atoms with Crippen LogP contribution in [-0.2, 0) is 0 Å². The number of rotatable bonds is 7. The van der Waals surface area contributed by atoms with Crippen LogP contribution in [-0.4, -0.2) is 28.7 Å². The Labute approximate surface area is 397 Å². The third-order valence-electron chi connectivity index (χ3n) is 13.7. The topological polar surface area (TPSA) is 53.5 Å². The van der Waals surface area contributed by atoms with E-state index >= 15 is 0 Å². The molecule has 0 saturated carbocycles. The van der Waals surface area contributed by atoms with E-state index in [1.165, 1.54) is 38.1 Å². The van der Waals surface area contributed by atoms with Crippen molar-refractivity contribution in [2.45, 2.75) is 0 Å². The fourth-order valence-electron chi connectivity index (χ4n) is 10.6. The van der Waals surface area contributed by atoms with E-state index in [1.54, 1.807) is 0 Å². The van der Waals surface area contributed by atoms with E-state index in [-0.39, 0.29) is 0 Å². The Morgan fingerprint density at radius 3 is 1.17 bits per heavy atom. The molecule has 6 heteroatoms. The normalized spacial score (nSPS) is 11.8. The van der Waals surface area contributed by atoms with Crippen LogP contribution < -0.4 is 0 Å². The molecule has 0 aliphatic heterocycles. The van der Waals surface area contributed by atoms with E-state index < -0.39 is 0 Å². The van der Waals surface area contributed by atoms with Crippen molar-refractivity contribution in [3.63, 3.8) is 0 Å². The molecule has 0 aliphatic rings. The number of nitrogens with zero attached hydrogens (tertiary/aromatic N) is 6. The first-order valence-corrected chi connectivity index (χ1v) is 23.4. The van der Waals surface area contributed by atoms with Gasteiger partial charge in [0.15, 0.2) is 17.5 Å². The molecule has 0 spiro atoms. The second-order valence-electron chi connectivity index (χ2n) is 17.6. The SMILES string of the molecule is c1ccc(-c2nc(-c3ccccc3)nc(-c3cccc4c3c3cc(-c5ccc6c(c5)c5cc7c(cc5n6-c5ccccc5)c5ccccc5n7-c5ccccc5)ccc3n4-c3ccccc3)n2)cc1. The average Bonchev–Trinajstić information content (AvgIpc) is 4.06. The summed E-state index contributed by atoms with van der Waals surface area (Å²) in [5, 5.41) is 7.05. The number of hydrogen-bond acceptors (Lipinski definition) is 3. The lowest BCUT2D eigenvalue weighted by Crippen LogP contribution is -2.00. The molecule has 0 amide bonds. The lowest BCUT2D eigenvalue weighted by Gasteiger charge is -2.10. The van der Waals surface area contributed by atoms with E-state index in [0.29, 0.717) is 17.5 Å². The summed E-state index contributed by atoms with van der Waals surface area (Å²) in [5.74, 6) is 1.89. The van der Waals surface area contributed by atoms with E-state index in [2.05, 4.69) is 220 Å². The van der Waals surface area contributed by atoms with Crippen molar-refractivity contribution in [3.8, 4) is 62.4 Å². The van der Waals surface area contributed by atoms with Gasteiger partial charge in [0.2, 0.25) is 0 Å². The summed E-state index contributed by atoms with van der Waals surface area (Å²) in [4.78, 5) is 15.5. The van der Waals surface area contributed by atoms with E-state index in [0.717, 1.165) is 72.2 Å². The Morgan fingerprint density at radius 2 is 0.623 bits per heavy atom. The van der Waals surface area contributed by atoms with Crippen LogP contribution in [0, 0.1) is 0 Å². The highest BCUT2D eigenvalue weighted by Crippen LogP contribution is 2.43.